The number of carbonyl (C=O) groups excluding carboxylic acids is 1. The summed E-state index contributed by atoms with van der Waals surface area (Å²) in [6, 6.07) is 0. The van der Waals surface area contributed by atoms with Crippen molar-refractivity contribution in [2.24, 2.45) is 0 Å². The number of methoxy groups -OCH3 is 1. The lowest BCUT2D eigenvalue weighted by molar-refractivity contribution is -0.166. The largest absolute Gasteiger partial charge is 0.479 e. The van der Waals surface area contributed by atoms with Crippen LogP contribution in [-0.2, 0) is 23.8 Å². The van der Waals surface area contributed by atoms with Gasteiger partial charge in [-0.1, -0.05) is 0 Å². The fraction of sp³-hybridized carbons (Fsp3) is 0.833. The fourth-order valence-electron chi connectivity index (χ4n) is 1.85. The second-order valence-electron chi connectivity index (χ2n) is 4.43. The molecule has 0 aliphatic carbocycles. The van der Waals surface area contributed by atoms with E-state index in [-0.39, 0.29) is 25.0 Å². The predicted molar refractivity (Wildman–Crippen MR) is 65.9 cm³/mol. The third-order valence-electron chi connectivity index (χ3n) is 2.78. The summed E-state index contributed by atoms with van der Waals surface area (Å²) in [5, 5.41) is 8.93. The summed E-state index contributed by atoms with van der Waals surface area (Å²) in [6.45, 7) is 3.51. The van der Waals surface area contributed by atoms with Gasteiger partial charge in [-0.05, 0) is 6.92 Å². The van der Waals surface area contributed by atoms with Gasteiger partial charge in [-0.25, -0.2) is 4.79 Å². The van der Waals surface area contributed by atoms with E-state index in [1.165, 1.54) is 4.90 Å². The van der Waals surface area contributed by atoms with Crippen LogP contribution in [-0.4, -0.2) is 74.1 Å². The third kappa shape index (κ3) is 5.54. The van der Waals surface area contributed by atoms with E-state index in [2.05, 4.69) is 0 Å². The lowest BCUT2D eigenvalue weighted by Crippen LogP contribution is -2.51. The zero-order valence-corrected chi connectivity index (χ0v) is 11.3. The van der Waals surface area contributed by atoms with E-state index in [0.29, 0.717) is 26.4 Å². The number of carbonyl (C=O) groups is 2. The molecule has 1 heterocycles. The maximum Gasteiger partial charge on any atom is 0.334 e. The molecule has 1 N–H and O–H groups in total. The van der Waals surface area contributed by atoms with Crippen molar-refractivity contribution in [1.29, 1.82) is 0 Å². The molecule has 1 rings (SSSR count). The van der Waals surface area contributed by atoms with Gasteiger partial charge in [-0.3, -0.25) is 4.79 Å². The molecule has 0 saturated carbocycles. The van der Waals surface area contributed by atoms with Gasteiger partial charge in [0.15, 0.2) is 6.10 Å². The van der Waals surface area contributed by atoms with E-state index in [1.54, 1.807) is 14.0 Å². The van der Waals surface area contributed by atoms with Gasteiger partial charge in [-0.2, -0.15) is 0 Å². The number of hydrogen-bond acceptors (Lipinski definition) is 5. The average molecular weight is 275 g/mol. The zero-order valence-electron chi connectivity index (χ0n) is 11.3. The first kappa shape index (κ1) is 15.9. The Morgan fingerprint density at radius 1 is 1.32 bits per heavy atom. The number of ether oxygens (including phenoxy) is 3. The molecule has 19 heavy (non-hydrogen) atoms. The van der Waals surface area contributed by atoms with Gasteiger partial charge >= 0.3 is 5.97 Å². The van der Waals surface area contributed by atoms with Crippen LogP contribution in [0.2, 0.25) is 0 Å². The number of morpholine rings is 1. The van der Waals surface area contributed by atoms with Crippen LogP contribution in [0.15, 0.2) is 0 Å². The highest BCUT2D eigenvalue weighted by Crippen LogP contribution is 2.12. The molecule has 1 amide bonds. The van der Waals surface area contributed by atoms with Crippen molar-refractivity contribution in [3.05, 3.63) is 0 Å². The summed E-state index contributed by atoms with van der Waals surface area (Å²) in [4.78, 5) is 24.3. The Kier molecular flexibility index (Phi) is 6.75. The van der Waals surface area contributed by atoms with Gasteiger partial charge < -0.3 is 24.2 Å². The van der Waals surface area contributed by atoms with Crippen LogP contribution in [0.3, 0.4) is 0 Å². The Balaban J connectivity index is 2.32. The molecule has 0 radical (unpaired) electrons. The van der Waals surface area contributed by atoms with E-state index < -0.39 is 12.1 Å². The number of hydrogen-bond donors (Lipinski definition) is 1. The summed E-state index contributed by atoms with van der Waals surface area (Å²) in [6.07, 6.45) is -0.974. The SMILES string of the molecule is COCCOCCC(=O)N1CC(C(=O)O)O[C@H](C)C1. The number of rotatable bonds is 7. The number of nitrogens with zero attached hydrogens (tertiary/aromatic N) is 1. The molecule has 7 nitrogen and oxygen atoms in total. The van der Waals surface area contributed by atoms with Crippen molar-refractivity contribution in [1.82, 2.24) is 4.90 Å². The van der Waals surface area contributed by atoms with Crippen LogP contribution < -0.4 is 0 Å². The quantitative estimate of drug-likeness (QED) is 0.644. The predicted octanol–water partition coefficient (Wildman–Crippen LogP) is -0.260. The van der Waals surface area contributed by atoms with E-state index >= 15 is 0 Å². The molecule has 1 saturated heterocycles. The van der Waals surface area contributed by atoms with Crippen molar-refractivity contribution < 1.29 is 28.9 Å². The second kappa shape index (κ2) is 8.08. The highest BCUT2D eigenvalue weighted by molar-refractivity contribution is 5.78. The van der Waals surface area contributed by atoms with Crippen molar-refractivity contribution in [3.63, 3.8) is 0 Å². The van der Waals surface area contributed by atoms with Gasteiger partial charge in [0.2, 0.25) is 5.91 Å². The van der Waals surface area contributed by atoms with Crippen LogP contribution in [0.1, 0.15) is 13.3 Å². The summed E-state index contributed by atoms with van der Waals surface area (Å²) in [7, 11) is 1.58. The molecule has 1 fully saturated rings. The third-order valence-corrected chi connectivity index (χ3v) is 2.78. The molecule has 0 aromatic heterocycles. The van der Waals surface area contributed by atoms with Gasteiger partial charge in [0.05, 0.1) is 38.9 Å². The highest BCUT2D eigenvalue weighted by atomic mass is 16.5. The normalized spacial score (nSPS) is 23.4. The maximum absolute atomic E-state index is 11.9. The Morgan fingerprint density at radius 2 is 2.05 bits per heavy atom. The van der Waals surface area contributed by atoms with Crippen LogP contribution in [0, 0.1) is 0 Å². The minimum atomic E-state index is -1.04. The van der Waals surface area contributed by atoms with E-state index in [9.17, 15) is 9.59 Å². The molecule has 110 valence electrons. The first-order valence-electron chi connectivity index (χ1n) is 6.27. The van der Waals surface area contributed by atoms with Crippen molar-refractivity contribution in [2.75, 3.05) is 40.0 Å². The topological polar surface area (TPSA) is 85.3 Å². The highest BCUT2D eigenvalue weighted by Gasteiger charge is 2.32. The van der Waals surface area contributed by atoms with Crippen molar-refractivity contribution >= 4 is 11.9 Å². The number of carboxylic acid groups (broad SMARTS) is 1. The Hall–Kier alpha value is -1.18. The Morgan fingerprint density at radius 3 is 2.68 bits per heavy atom. The molecule has 1 aliphatic rings. The molecular weight excluding hydrogens is 254 g/mol. The van der Waals surface area contributed by atoms with Crippen LogP contribution in [0.5, 0.6) is 0 Å². The smallest absolute Gasteiger partial charge is 0.334 e. The maximum atomic E-state index is 11.9. The number of aliphatic carboxylic acids is 1. The minimum absolute atomic E-state index is 0.0938. The molecule has 0 spiro atoms. The van der Waals surface area contributed by atoms with Crippen molar-refractivity contribution in [3.8, 4) is 0 Å². The lowest BCUT2D eigenvalue weighted by Gasteiger charge is -2.35. The van der Waals surface area contributed by atoms with Crippen LogP contribution >= 0.6 is 0 Å². The Bertz CT molecular complexity index is 309. The van der Waals surface area contributed by atoms with Gasteiger partial charge in [0, 0.05) is 13.7 Å². The first-order valence-corrected chi connectivity index (χ1v) is 6.27. The second-order valence-corrected chi connectivity index (χ2v) is 4.43. The molecular formula is C12H21NO6. The molecule has 1 unspecified atom stereocenters. The van der Waals surface area contributed by atoms with Crippen molar-refractivity contribution in [2.45, 2.75) is 25.6 Å². The first-order chi connectivity index (χ1) is 9.04. The summed E-state index contributed by atoms with van der Waals surface area (Å²) in [5.74, 6) is -1.15. The summed E-state index contributed by atoms with van der Waals surface area (Å²) >= 11 is 0. The number of carboxylic acids is 1. The minimum Gasteiger partial charge on any atom is -0.479 e. The molecule has 7 heteroatoms. The standard InChI is InChI=1S/C12H21NO6/c1-9-7-13(8-10(19-9)12(15)16)11(14)3-4-18-6-5-17-2/h9-10H,3-8H2,1-2H3,(H,15,16)/t9-,10?/m1/s1. The van der Waals surface area contributed by atoms with E-state index in [0.717, 1.165) is 0 Å². The van der Waals surface area contributed by atoms with Gasteiger partial charge in [0.1, 0.15) is 0 Å². The number of amides is 1. The van der Waals surface area contributed by atoms with Gasteiger partial charge in [-0.15, -0.1) is 0 Å². The van der Waals surface area contributed by atoms with Crippen LogP contribution in [0.4, 0.5) is 0 Å². The summed E-state index contributed by atoms with van der Waals surface area (Å²) in [5.41, 5.74) is 0. The van der Waals surface area contributed by atoms with E-state index in [4.69, 9.17) is 19.3 Å². The fourth-order valence-corrected chi connectivity index (χ4v) is 1.85. The monoisotopic (exact) mass is 275 g/mol. The Labute approximate surface area is 112 Å². The van der Waals surface area contributed by atoms with Crippen LogP contribution in [0.25, 0.3) is 0 Å². The summed E-state index contributed by atoms with van der Waals surface area (Å²) < 4.78 is 15.3. The average Bonchev–Trinajstić information content (AvgIpc) is 2.37. The molecule has 2 atom stereocenters. The zero-order chi connectivity index (χ0) is 14.3. The van der Waals surface area contributed by atoms with Gasteiger partial charge in [0.25, 0.3) is 0 Å². The molecule has 1 aliphatic heterocycles. The molecule has 0 aromatic carbocycles. The lowest BCUT2D eigenvalue weighted by atomic mass is 10.2. The molecule has 0 bridgehead atoms. The van der Waals surface area contributed by atoms with E-state index in [1.807, 2.05) is 0 Å². The molecule has 0 aromatic rings.